The van der Waals surface area contributed by atoms with Crippen LogP contribution >= 0.6 is 0 Å². The average molecular weight is 343 g/mol. The topological polar surface area (TPSA) is 65.3 Å². The maximum absolute atomic E-state index is 5.58. The molecule has 2 aromatic rings. The van der Waals surface area contributed by atoms with Gasteiger partial charge in [-0.3, -0.25) is 4.90 Å². The SMILES string of the molecule is COc1ccc(-n2nnnc2C2(N3CCOCC3)CCCCC2)cc1. The summed E-state index contributed by atoms with van der Waals surface area (Å²) in [5.41, 5.74) is 0.879. The molecule has 4 rings (SSSR count). The van der Waals surface area contributed by atoms with Gasteiger partial charge in [-0.15, -0.1) is 5.10 Å². The molecule has 2 fully saturated rings. The fraction of sp³-hybridized carbons (Fsp3) is 0.611. The summed E-state index contributed by atoms with van der Waals surface area (Å²) in [6.07, 6.45) is 5.92. The first-order valence-electron chi connectivity index (χ1n) is 9.10. The van der Waals surface area contributed by atoms with Gasteiger partial charge < -0.3 is 9.47 Å². The van der Waals surface area contributed by atoms with Crippen LogP contribution in [-0.2, 0) is 10.3 Å². The van der Waals surface area contributed by atoms with Crippen molar-refractivity contribution in [1.29, 1.82) is 0 Å². The number of tetrazole rings is 1. The molecule has 2 heterocycles. The van der Waals surface area contributed by atoms with Crippen molar-refractivity contribution in [1.82, 2.24) is 25.1 Å². The number of ether oxygens (including phenoxy) is 2. The van der Waals surface area contributed by atoms with Crippen molar-refractivity contribution in [2.75, 3.05) is 33.4 Å². The number of nitrogens with zero attached hydrogens (tertiary/aromatic N) is 5. The van der Waals surface area contributed by atoms with E-state index in [1.807, 2.05) is 28.9 Å². The molecule has 7 heteroatoms. The third-order valence-corrected chi connectivity index (χ3v) is 5.50. The summed E-state index contributed by atoms with van der Waals surface area (Å²) in [6, 6.07) is 7.91. The number of aromatic nitrogens is 4. The lowest BCUT2D eigenvalue weighted by Crippen LogP contribution is -2.53. The standard InChI is InChI=1S/C18H25N5O2/c1-24-16-7-5-15(6-8-16)23-17(19-20-21-23)18(9-3-2-4-10-18)22-11-13-25-14-12-22/h5-8H,2-4,9-14H2,1H3. The van der Waals surface area contributed by atoms with Crippen molar-refractivity contribution < 1.29 is 9.47 Å². The van der Waals surface area contributed by atoms with E-state index in [9.17, 15) is 0 Å². The molecule has 134 valence electrons. The number of hydrogen-bond acceptors (Lipinski definition) is 6. The molecule has 1 aliphatic carbocycles. The van der Waals surface area contributed by atoms with Crippen LogP contribution in [0.5, 0.6) is 5.75 Å². The van der Waals surface area contributed by atoms with Crippen LogP contribution in [-0.4, -0.2) is 58.5 Å². The maximum Gasteiger partial charge on any atom is 0.176 e. The van der Waals surface area contributed by atoms with Crippen molar-refractivity contribution in [2.45, 2.75) is 37.6 Å². The summed E-state index contributed by atoms with van der Waals surface area (Å²) in [4.78, 5) is 2.54. The van der Waals surface area contributed by atoms with E-state index in [-0.39, 0.29) is 5.54 Å². The van der Waals surface area contributed by atoms with Crippen LogP contribution in [0.25, 0.3) is 5.69 Å². The van der Waals surface area contributed by atoms with Gasteiger partial charge in [-0.2, -0.15) is 4.68 Å². The Kier molecular flexibility index (Phi) is 4.67. The Bertz CT molecular complexity index is 688. The summed E-state index contributed by atoms with van der Waals surface area (Å²) in [5, 5.41) is 12.8. The average Bonchev–Trinajstić information content (AvgIpc) is 3.20. The zero-order chi connectivity index (χ0) is 17.1. The Morgan fingerprint density at radius 3 is 2.44 bits per heavy atom. The Morgan fingerprint density at radius 1 is 1.04 bits per heavy atom. The van der Waals surface area contributed by atoms with Gasteiger partial charge in [0.05, 0.1) is 31.5 Å². The molecule has 0 radical (unpaired) electrons. The Labute approximate surface area is 147 Å². The minimum atomic E-state index is -0.0918. The Hall–Kier alpha value is -1.99. The highest BCUT2D eigenvalue weighted by Gasteiger charge is 2.44. The van der Waals surface area contributed by atoms with E-state index >= 15 is 0 Å². The van der Waals surface area contributed by atoms with Gasteiger partial charge in [0.15, 0.2) is 5.82 Å². The van der Waals surface area contributed by atoms with Crippen molar-refractivity contribution in [3.05, 3.63) is 30.1 Å². The van der Waals surface area contributed by atoms with E-state index < -0.39 is 0 Å². The lowest BCUT2D eigenvalue weighted by molar-refractivity contribution is -0.0451. The molecule has 1 saturated heterocycles. The minimum absolute atomic E-state index is 0.0918. The van der Waals surface area contributed by atoms with Crippen LogP contribution in [0.1, 0.15) is 37.9 Å². The predicted molar refractivity (Wildman–Crippen MR) is 92.9 cm³/mol. The Morgan fingerprint density at radius 2 is 1.76 bits per heavy atom. The van der Waals surface area contributed by atoms with Crippen molar-refractivity contribution >= 4 is 0 Å². The van der Waals surface area contributed by atoms with Crippen LogP contribution in [0.4, 0.5) is 0 Å². The minimum Gasteiger partial charge on any atom is -0.497 e. The summed E-state index contributed by atoms with van der Waals surface area (Å²) in [6.45, 7) is 3.45. The second-order valence-electron chi connectivity index (χ2n) is 6.80. The fourth-order valence-electron chi connectivity index (χ4n) is 4.18. The van der Waals surface area contributed by atoms with E-state index in [0.29, 0.717) is 0 Å². The third kappa shape index (κ3) is 3.02. The van der Waals surface area contributed by atoms with Gasteiger partial charge in [0.1, 0.15) is 5.75 Å². The summed E-state index contributed by atoms with van der Waals surface area (Å²) in [7, 11) is 1.67. The van der Waals surface area contributed by atoms with Crippen LogP contribution < -0.4 is 4.74 Å². The largest absolute Gasteiger partial charge is 0.497 e. The smallest absolute Gasteiger partial charge is 0.176 e. The number of methoxy groups -OCH3 is 1. The molecule has 1 aromatic heterocycles. The number of morpholine rings is 1. The van der Waals surface area contributed by atoms with Crippen LogP contribution in [0.2, 0.25) is 0 Å². The molecule has 7 nitrogen and oxygen atoms in total. The van der Waals surface area contributed by atoms with E-state index in [1.165, 1.54) is 19.3 Å². The van der Waals surface area contributed by atoms with E-state index in [2.05, 4.69) is 20.4 Å². The fourth-order valence-corrected chi connectivity index (χ4v) is 4.18. The molecule has 1 aromatic carbocycles. The first-order valence-corrected chi connectivity index (χ1v) is 9.10. The number of rotatable bonds is 4. The van der Waals surface area contributed by atoms with Gasteiger partial charge in [0.2, 0.25) is 0 Å². The van der Waals surface area contributed by atoms with Crippen LogP contribution in [0.3, 0.4) is 0 Å². The lowest BCUT2D eigenvalue weighted by Gasteiger charge is -2.46. The molecule has 25 heavy (non-hydrogen) atoms. The normalized spacial score (nSPS) is 21.2. The van der Waals surface area contributed by atoms with Gasteiger partial charge in [-0.05, 0) is 47.5 Å². The second kappa shape index (κ2) is 7.09. The van der Waals surface area contributed by atoms with Gasteiger partial charge >= 0.3 is 0 Å². The summed E-state index contributed by atoms with van der Waals surface area (Å²) < 4.78 is 12.7. The number of benzene rings is 1. The highest BCUT2D eigenvalue weighted by atomic mass is 16.5. The zero-order valence-corrected chi connectivity index (χ0v) is 14.7. The molecular formula is C18H25N5O2. The molecule has 0 unspecified atom stereocenters. The maximum atomic E-state index is 5.58. The molecule has 0 atom stereocenters. The molecule has 0 bridgehead atoms. The van der Waals surface area contributed by atoms with E-state index in [0.717, 1.165) is 56.4 Å². The van der Waals surface area contributed by atoms with E-state index in [4.69, 9.17) is 9.47 Å². The summed E-state index contributed by atoms with van der Waals surface area (Å²) >= 11 is 0. The first kappa shape index (κ1) is 16.5. The Balaban J connectivity index is 1.73. The van der Waals surface area contributed by atoms with Crippen molar-refractivity contribution in [3.63, 3.8) is 0 Å². The molecule has 1 aliphatic heterocycles. The van der Waals surface area contributed by atoms with Crippen molar-refractivity contribution in [3.8, 4) is 11.4 Å². The van der Waals surface area contributed by atoms with Gasteiger partial charge in [-0.1, -0.05) is 19.3 Å². The zero-order valence-electron chi connectivity index (χ0n) is 14.7. The molecule has 1 saturated carbocycles. The molecule has 0 N–H and O–H groups in total. The lowest BCUT2D eigenvalue weighted by atomic mass is 9.79. The second-order valence-corrected chi connectivity index (χ2v) is 6.80. The molecule has 0 spiro atoms. The van der Waals surface area contributed by atoms with Gasteiger partial charge in [0.25, 0.3) is 0 Å². The third-order valence-electron chi connectivity index (χ3n) is 5.50. The quantitative estimate of drug-likeness (QED) is 0.848. The highest BCUT2D eigenvalue weighted by Crippen LogP contribution is 2.42. The van der Waals surface area contributed by atoms with Gasteiger partial charge in [0, 0.05) is 13.1 Å². The molecular weight excluding hydrogens is 318 g/mol. The van der Waals surface area contributed by atoms with Crippen molar-refractivity contribution in [2.24, 2.45) is 0 Å². The van der Waals surface area contributed by atoms with Crippen LogP contribution in [0, 0.1) is 0 Å². The molecule has 0 amide bonds. The summed E-state index contributed by atoms with van der Waals surface area (Å²) in [5.74, 6) is 1.79. The van der Waals surface area contributed by atoms with Crippen LogP contribution in [0.15, 0.2) is 24.3 Å². The number of hydrogen-bond donors (Lipinski definition) is 0. The predicted octanol–water partition coefficient (Wildman–Crippen LogP) is 2.16. The molecule has 2 aliphatic rings. The monoisotopic (exact) mass is 343 g/mol. The van der Waals surface area contributed by atoms with E-state index in [1.54, 1.807) is 7.11 Å². The first-order chi connectivity index (χ1) is 12.3. The van der Waals surface area contributed by atoms with Gasteiger partial charge in [-0.25, -0.2) is 0 Å². The highest BCUT2D eigenvalue weighted by molar-refractivity contribution is 5.37.